The number of hydrogen-bond acceptors (Lipinski definition) is 3. The van der Waals surface area contributed by atoms with Crippen LogP contribution >= 0.6 is 0 Å². The Morgan fingerprint density at radius 2 is 2.20 bits per heavy atom. The zero-order valence-electron chi connectivity index (χ0n) is 4.80. The summed E-state index contributed by atoms with van der Waals surface area (Å²) in [6.45, 7) is 2.86. The highest BCUT2D eigenvalue weighted by molar-refractivity contribution is 5.74. The molecule has 10 heavy (non-hydrogen) atoms. The van der Waals surface area contributed by atoms with E-state index in [9.17, 15) is 13.6 Å². The van der Waals surface area contributed by atoms with Gasteiger partial charge in [-0.15, -0.1) is 0 Å². The number of halogens is 2. The molecule has 0 aromatic carbocycles. The Morgan fingerprint density at radius 3 is 2.50 bits per heavy atom. The third kappa shape index (κ3) is 2.77. The van der Waals surface area contributed by atoms with Gasteiger partial charge in [-0.25, -0.2) is 4.79 Å². The number of nitriles is 1. The molecule has 0 bridgehead atoms. The number of nitrogens with zero attached hydrogens (tertiary/aromatic N) is 1. The van der Waals surface area contributed by atoms with Crippen LogP contribution in [0.5, 0.6) is 0 Å². The minimum Gasteiger partial charge on any atom is -0.411 e. The van der Waals surface area contributed by atoms with Gasteiger partial charge in [0.25, 0.3) is 0 Å². The van der Waals surface area contributed by atoms with E-state index in [-0.39, 0.29) is 0 Å². The summed E-state index contributed by atoms with van der Waals surface area (Å²) >= 11 is 0. The third-order valence-electron chi connectivity index (χ3n) is 0.527. The lowest BCUT2D eigenvalue weighted by atomic mass is 10.6. The zero-order valence-corrected chi connectivity index (χ0v) is 4.80. The molecule has 0 atom stereocenters. The van der Waals surface area contributed by atoms with Gasteiger partial charge in [-0.05, 0) is 6.58 Å². The van der Waals surface area contributed by atoms with Crippen LogP contribution in [0.15, 0.2) is 12.3 Å². The summed E-state index contributed by atoms with van der Waals surface area (Å²) in [7, 11) is 0. The first-order chi connectivity index (χ1) is 4.57. The van der Waals surface area contributed by atoms with Crippen LogP contribution in [0.25, 0.3) is 0 Å². The second kappa shape index (κ2) is 3.56. The Bertz CT molecular complexity index is 194. The molecule has 0 radical (unpaired) electrons. The van der Waals surface area contributed by atoms with Crippen LogP contribution in [-0.4, -0.2) is 12.4 Å². The molecule has 5 heteroatoms. The maximum absolute atomic E-state index is 11.3. The fourth-order valence-electron chi connectivity index (χ4n) is 0.189. The Balaban J connectivity index is 3.83. The summed E-state index contributed by atoms with van der Waals surface area (Å²) in [4.78, 5) is 9.93. The Labute approximate surface area is 55.5 Å². The number of alkyl halides is 2. The molecule has 0 heterocycles. The highest BCUT2D eigenvalue weighted by atomic mass is 19.3. The molecule has 0 rings (SSSR count). The topological polar surface area (TPSA) is 50.1 Å². The molecule has 0 aliphatic rings. The van der Waals surface area contributed by atoms with E-state index in [1.807, 2.05) is 0 Å². The number of rotatable bonds is 2. The molecule has 0 aromatic rings. The fraction of sp³-hybridized carbons (Fsp3) is 0.200. The molecule has 0 aromatic heterocycles. The predicted molar refractivity (Wildman–Crippen MR) is 26.8 cm³/mol. The van der Waals surface area contributed by atoms with Gasteiger partial charge < -0.3 is 4.74 Å². The second-order valence-corrected chi connectivity index (χ2v) is 1.26. The van der Waals surface area contributed by atoms with Crippen molar-refractivity contribution in [3.63, 3.8) is 0 Å². The Kier molecular flexibility index (Phi) is 3.05. The fourth-order valence-corrected chi connectivity index (χ4v) is 0.189. The lowest BCUT2D eigenvalue weighted by molar-refractivity contribution is -0.151. The first-order valence-electron chi connectivity index (χ1n) is 2.16. The van der Waals surface area contributed by atoms with Gasteiger partial charge in [0.15, 0.2) is 0 Å². The lowest BCUT2D eigenvalue weighted by Gasteiger charge is -1.97. The molecule has 54 valence electrons. The lowest BCUT2D eigenvalue weighted by Crippen LogP contribution is -2.12. The monoisotopic (exact) mass is 147 g/mol. The number of carbonyl (C=O) groups is 1. The molecule has 0 spiro atoms. The van der Waals surface area contributed by atoms with Gasteiger partial charge in [-0.3, -0.25) is 0 Å². The van der Waals surface area contributed by atoms with Crippen molar-refractivity contribution in [1.82, 2.24) is 0 Å². The minimum atomic E-state index is -3.22. The molecule has 0 aliphatic carbocycles. The van der Waals surface area contributed by atoms with E-state index in [2.05, 4.69) is 11.3 Å². The van der Waals surface area contributed by atoms with Crippen molar-refractivity contribution in [1.29, 1.82) is 5.26 Å². The molecule has 0 saturated heterocycles. The van der Waals surface area contributed by atoms with Crippen LogP contribution in [0.1, 0.15) is 0 Å². The quantitative estimate of drug-likeness (QED) is 0.330. The molecule has 0 saturated carbocycles. The van der Waals surface area contributed by atoms with Crippen LogP contribution in [0, 0.1) is 11.3 Å². The van der Waals surface area contributed by atoms with E-state index in [1.54, 1.807) is 0 Å². The van der Waals surface area contributed by atoms with Crippen LogP contribution in [0.4, 0.5) is 8.78 Å². The zero-order chi connectivity index (χ0) is 8.15. The van der Waals surface area contributed by atoms with E-state index >= 15 is 0 Å². The normalized spacial score (nSPS) is 8.60. The number of ether oxygens (including phenoxy) is 1. The highest BCUT2D eigenvalue weighted by Gasteiger charge is 2.17. The van der Waals surface area contributed by atoms with E-state index in [1.165, 1.54) is 6.07 Å². The molecule has 3 nitrogen and oxygen atoms in total. The number of hydrogen-bond donors (Lipinski definition) is 0. The maximum Gasteiger partial charge on any atom is 0.379 e. The van der Waals surface area contributed by atoms with Crippen LogP contribution in [-0.2, 0) is 9.53 Å². The van der Waals surface area contributed by atoms with Crippen molar-refractivity contribution in [2.24, 2.45) is 0 Å². The molecular formula is C5H3F2NO2. The average molecular weight is 147 g/mol. The van der Waals surface area contributed by atoms with Crippen LogP contribution in [0.2, 0.25) is 0 Å². The van der Waals surface area contributed by atoms with Crippen molar-refractivity contribution in [3.8, 4) is 6.07 Å². The van der Waals surface area contributed by atoms with E-state index in [4.69, 9.17) is 5.26 Å². The summed E-state index contributed by atoms with van der Waals surface area (Å²) in [6.07, 6.45) is -3.22. The molecule has 0 amide bonds. The molecule has 0 unspecified atom stereocenters. The molecule has 0 fully saturated rings. The number of carbonyl (C=O) groups excluding carboxylic acids is 1. The number of allylic oxidation sites excluding steroid dienone is 1. The van der Waals surface area contributed by atoms with Gasteiger partial charge in [-0.2, -0.15) is 14.0 Å². The van der Waals surface area contributed by atoms with E-state index in [0.717, 1.165) is 0 Å². The molecule has 0 aliphatic heterocycles. The third-order valence-corrected chi connectivity index (χ3v) is 0.527. The SMILES string of the molecule is C=C(C#N)OC(=O)C(F)F. The summed E-state index contributed by atoms with van der Waals surface area (Å²) in [5.74, 6) is -2.39. The maximum atomic E-state index is 11.3. The van der Waals surface area contributed by atoms with Gasteiger partial charge in [-0.1, -0.05) is 0 Å². The average Bonchev–Trinajstić information content (AvgIpc) is 1.87. The van der Waals surface area contributed by atoms with Crippen molar-refractivity contribution in [2.45, 2.75) is 6.43 Å². The van der Waals surface area contributed by atoms with Crippen molar-refractivity contribution < 1.29 is 18.3 Å². The summed E-state index contributed by atoms with van der Waals surface area (Å²) < 4.78 is 26.3. The number of esters is 1. The first-order valence-corrected chi connectivity index (χ1v) is 2.16. The van der Waals surface area contributed by atoms with Gasteiger partial charge in [0.05, 0.1) is 0 Å². The summed E-state index contributed by atoms with van der Waals surface area (Å²) in [6, 6.07) is 1.28. The highest BCUT2D eigenvalue weighted by Crippen LogP contribution is 1.99. The summed E-state index contributed by atoms with van der Waals surface area (Å²) in [5.41, 5.74) is 0. The van der Waals surface area contributed by atoms with Gasteiger partial charge >= 0.3 is 12.4 Å². The standard InChI is InChI=1S/C5H3F2NO2/c1-3(2-8)10-5(9)4(6)7/h4H,1H2. The molecule has 0 N–H and O–H groups in total. The Morgan fingerprint density at radius 1 is 1.70 bits per heavy atom. The predicted octanol–water partition coefficient (Wildman–Crippen LogP) is 0.832. The smallest absolute Gasteiger partial charge is 0.379 e. The Hall–Kier alpha value is -1.44. The first kappa shape index (κ1) is 8.56. The van der Waals surface area contributed by atoms with Crippen molar-refractivity contribution in [2.75, 3.05) is 0 Å². The van der Waals surface area contributed by atoms with Crippen molar-refractivity contribution in [3.05, 3.63) is 12.3 Å². The second-order valence-electron chi connectivity index (χ2n) is 1.26. The summed E-state index contributed by atoms with van der Waals surface area (Å²) in [5, 5.41) is 7.89. The van der Waals surface area contributed by atoms with Crippen molar-refractivity contribution >= 4 is 5.97 Å². The minimum absolute atomic E-state index is 0.634. The van der Waals surface area contributed by atoms with Gasteiger partial charge in [0, 0.05) is 0 Å². The van der Waals surface area contributed by atoms with E-state index < -0.39 is 18.2 Å². The van der Waals surface area contributed by atoms with Crippen LogP contribution in [0.3, 0.4) is 0 Å². The van der Waals surface area contributed by atoms with Crippen LogP contribution < -0.4 is 0 Å². The van der Waals surface area contributed by atoms with E-state index in [0.29, 0.717) is 0 Å². The van der Waals surface area contributed by atoms with Gasteiger partial charge in [0.1, 0.15) is 6.07 Å². The molecular weight excluding hydrogens is 144 g/mol. The van der Waals surface area contributed by atoms with Gasteiger partial charge in [0.2, 0.25) is 5.76 Å². The largest absolute Gasteiger partial charge is 0.411 e.